The molecule has 1 fully saturated rings. The van der Waals surface area contributed by atoms with E-state index in [2.05, 4.69) is 10.1 Å². The summed E-state index contributed by atoms with van der Waals surface area (Å²) in [5.74, 6) is -0.726. The molecule has 0 aliphatic carbocycles. The fraction of sp³-hybridized carbons (Fsp3) is 0.542. The molecule has 0 saturated carbocycles. The largest absolute Gasteiger partial charge is 0.462 e. The summed E-state index contributed by atoms with van der Waals surface area (Å²) >= 11 is 0. The number of ether oxygens (including phenoxy) is 2. The highest BCUT2D eigenvalue weighted by atomic mass is 31.2. The molecule has 1 aromatic carbocycles. The second-order valence-corrected chi connectivity index (χ2v) is 11.6. The lowest BCUT2D eigenvalue weighted by molar-refractivity contribution is -0.149. The Bertz CT molecular complexity index is 1260. The summed E-state index contributed by atoms with van der Waals surface area (Å²) in [5.41, 5.74) is 0.163. The van der Waals surface area contributed by atoms with E-state index in [1.165, 1.54) is 39.0 Å². The summed E-state index contributed by atoms with van der Waals surface area (Å²) in [6, 6.07) is 8.01. The molecule has 13 nitrogen and oxygen atoms in total. The number of rotatable bonds is 11. The lowest BCUT2D eigenvalue weighted by Crippen LogP contribution is -2.54. The average Bonchev–Trinajstić information content (AvgIpc) is 3.10. The molecule has 216 valence electrons. The molecule has 5 N–H and O–H groups in total. The molecule has 39 heavy (non-hydrogen) atoms. The number of hydrogen-bond donors (Lipinski definition) is 4. The highest BCUT2D eigenvalue weighted by Crippen LogP contribution is 2.52. The summed E-state index contributed by atoms with van der Waals surface area (Å²) in [4.78, 5) is 28.4. The summed E-state index contributed by atoms with van der Waals surface area (Å²) in [5, 5.41) is 24.6. The lowest BCUT2D eigenvalue weighted by atomic mass is 9.88. The number of benzene rings is 1. The number of aliphatic hydroxyl groups is 2. The average molecular weight is 573 g/mol. The van der Waals surface area contributed by atoms with Gasteiger partial charge in [-0.25, -0.2) is 13.8 Å². The van der Waals surface area contributed by atoms with Crippen molar-refractivity contribution in [3.8, 4) is 5.75 Å². The third kappa shape index (κ3) is 6.83. The zero-order valence-electron chi connectivity index (χ0n) is 22.2. The van der Waals surface area contributed by atoms with E-state index in [-0.39, 0.29) is 11.6 Å². The smallest absolute Gasteiger partial charge is 0.460 e. The summed E-state index contributed by atoms with van der Waals surface area (Å²) in [6.07, 6.45) is -4.59. The van der Waals surface area contributed by atoms with E-state index < -0.39 is 67.9 Å². The third-order valence-electron chi connectivity index (χ3n) is 5.89. The highest BCUT2D eigenvalue weighted by molar-refractivity contribution is 7.52. The van der Waals surface area contributed by atoms with Gasteiger partial charge in [-0.2, -0.15) is 10.1 Å². The first-order valence-electron chi connectivity index (χ1n) is 12.1. The minimum atomic E-state index is -4.47. The molecule has 1 unspecified atom stereocenters. The Morgan fingerprint density at radius 3 is 2.51 bits per heavy atom. The predicted molar refractivity (Wildman–Crippen MR) is 137 cm³/mol. The predicted octanol–water partition coefficient (Wildman–Crippen LogP) is 1.70. The summed E-state index contributed by atoms with van der Waals surface area (Å²) in [7, 11) is -4.47. The van der Waals surface area contributed by atoms with Crippen molar-refractivity contribution in [2.24, 2.45) is 0 Å². The molecular weight excluding hydrogens is 538 g/mol. The van der Waals surface area contributed by atoms with Gasteiger partial charge in [-0.15, -0.1) is 0 Å². The molecule has 0 bridgehead atoms. The van der Waals surface area contributed by atoms with Crippen LogP contribution in [0, 0.1) is 0 Å². The lowest BCUT2D eigenvalue weighted by Gasteiger charge is -2.36. The molecule has 2 aromatic rings. The quantitative estimate of drug-likeness (QED) is 0.226. The number of alkyl halides is 1. The fourth-order valence-electron chi connectivity index (χ4n) is 4.02. The Hall–Kier alpha value is -2.87. The van der Waals surface area contributed by atoms with Crippen LogP contribution in [0.4, 0.5) is 10.2 Å². The van der Waals surface area contributed by atoms with E-state index >= 15 is 0 Å². The van der Waals surface area contributed by atoms with Crippen LogP contribution in [0.5, 0.6) is 5.75 Å². The van der Waals surface area contributed by atoms with Gasteiger partial charge in [0.15, 0.2) is 11.8 Å². The number of carbonyl (C=O) groups is 1. The van der Waals surface area contributed by atoms with Crippen LogP contribution in [0.25, 0.3) is 0 Å². The molecule has 2 heterocycles. The molecule has 15 heteroatoms. The van der Waals surface area contributed by atoms with Crippen LogP contribution in [-0.4, -0.2) is 68.0 Å². The van der Waals surface area contributed by atoms with Crippen molar-refractivity contribution in [3.63, 3.8) is 0 Å². The van der Waals surface area contributed by atoms with Crippen LogP contribution in [0.15, 0.2) is 47.4 Å². The molecule has 0 amide bonds. The van der Waals surface area contributed by atoms with Gasteiger partial charge in [0.05, 0.1) is 6.10 Å². The van der Waals surface area contributed by atoms with Crippen molar-refractivity contribution in [3.05, 3.63) is 53.1 Å². The minimum absolute atomic E-state index is 0.117. The molecule has 1 aromatic heterocycles. The number of anilines is 1. The van der Waals surface area contributed by atoms with E-state index in [1.807, 2.05) is 0 Å². The molecule has 1 aliphatic heterocycles. The van der Waals surface area contributed by atoms with Crippen LogP contribution in [0.2, 0.25) is 0 Å². The number of para-hydroxylation sites is 1. The number of aromatic nitrogens is 2. The van der Waals surface area contributed by atoms with Crippen LogP contribution in [0.3, 0.4) is 0 Å². The zero-order chi connectivity index (χ0) is 29.2. The normalized spacial score (nSPS) is 25.7. The van der Waals surface area contributed by atoms with E-state index in [0.29, 0.717) is 0 Å². The van der Waals surface area contributed by atoms with Gasteiger partial charge in [0.25, 0.3) is 0 Å². The monoisotopic (exact) mass is 572 g/mol. The SMILES string of the molecule is CC(C)OC(=O)[C@H](C)N[P@](=O)(Oc1ccccc1)OC(C)(C)[C@H]1O[C@@H](n2ccc(N)nc2=O)[C@@](O)(CF)C1O. The number of nitrogen functional groups attached to an aromatic ring is 1. The van der Waals surface area contributed by atoms with Gasteiger partial charge in [0, 0.05) is 6.20 Å². The first kappa shape index (κ1) is 30.7. The Balaban J connectivity index is 1.95. The van der Waals surface area contributed by atoms with Crippen molar-refractivity contribution in [2.75, 3.05) is 12.4 Å². The van der Waals surface area contributed by atoms with Gasteiger partial charge in [-0.05, 0) is 52.8 Å². The second kappa shape index (κ2) is 11.7. The van der Waals surface area contributed by atoms with Crippen molar-refractivity contribution >= 4 is 19.5 Å². The number of carbonyl (C=O) groups excluding carboxylic acids is 1. The Labute approximate surface area is 224 Å². The fourth-order valence-corrected chi connectivity index (χ4v) is 5.86. The van der Waals surface area contributed by atoms with Crippen molar-refractivity contribution < 1.29 is 42.5 Å². The maximum absolute atomic E-state index is 14.2. The van der Waals surface area contributed by atoms with Gasteiger partial charge in [-0.1, -0.05) is 18.2 Å². The van der Waals surface area contributed by atoms with Crippen molar-refractivity contribution in [1.29, 1.82) is 0 Å². The second-order valence-electron chi connectivity index (χ2n) is 9.95. The number of nitrogens with one attached hydrogen (secondary N) is 1. The molecule has 0 radical (unpaired) electrons. The van der Waals surface area contributed by atoms with Crippen molar-refractivity contribution in [2.45, 2.75) is 76.4 Å². The van der Waals surface area contributed by atoms with E-state index in [9.17, 15) is 28.8 Å². The minimum Gasteiger partial charge on any atom is -0.462 e. The molecule has 6 atom stereocenters. The zero-order valence-corrected chi connectivity index (χ0v) is 23.1. The van der Waals surface area contributed by atoms with E-state index in [1.54, 1.807) is 32.0 Å². The van der Waals surface area contributed by atoms with Crippen LogP contribution >= 0.6 is 7.75 Å². The molecule has 1 saturated heterocycles. The van der Waals surface area contributed by atoms with Crippen LogP contribution in [-0.2, 0) is 23.4 Å². The summed E-state index contributed by atoms with van der Waals surface area (Å²) < 4.78 is 51.4. The summed E-state index contributed by atoms with van der Waals surface area (Å²) in [6.45, 7) is 5.87. The van der Waals surface area contributed by atoms with E-state index in [0.717, 1.165) is 10.8 Å². The van der Waals surface area contributed by atoms with E-state index in [4.69, 9.17) is 24.3 Å². The number of aliphatic hydroxyl groups excluding tert-OH is 1. The van der Waals surface area contributed by atoms with Crippen LogP contribution < -0.4 is 21.0 Å². The maximum Gasteiger partial charge on any atom is 0.460 e. The number of halogens is 1. The number of nitrogens with two attached hydrogens (primary N) is 1. The third-order valence-corrected chi connectivity index (χ3v) is 7.75. The number of hydrogen-bond acceptors (Lipinski definition) is 11. The Morgan fingerprint density at radius 1 is 1.31 bits per heavy atom. The van der Waals surface area contributed by atoms with Gasteiger partial charge in [0.1, 0.15) is 42.1 Å². The molecule has 0 spiro atoms. The number of esters is 1. The number of nitrogens with zero attached hydrogens (tertiary/aromatic N) is 2. The Kier molecular flexibility index (Phi) is 9.20. The standard InChI is InChI=1S/C24H34FN4O9P/c1-14(2)35-20(31)15(3)28-39(34,37-16-9-7-6-8-10-16)38-23(4,5)19-18(30)24(33,13-25)21(36-19)29-12-11-17(26)27-22(29)32/h6-12,14-15,18-19,21,30,33H,13H2,1-5H3,(H,28,34)(H2,26,27,32)/t15-,18?,19-,21+,24+,39-/m0/s1. The first-order chi connectivity index (χ1) is 18.1. The topological polar surface area (TPSA) is 184 Å². The Morgan fingerprint density at radius 2 is 1.95 bits per heavy atom. The van der Waals surface area contributed by atoms with Crippen LogP contribution in [0.1, 0.15) is 40.8 Å². The van der Waals surface area contributed by atoms with Gasteiger partial charge >= 0.3 is 19.4 Å². The molecule has 1 aliphatic rings. The van der Waals surface area contributed by atoms with Gasteiger partial charge in [0.2, 0.25) is 0 Å². The molecular formula is C24H34FN4O9P. The highest BCUT2D eigenvalue weighted by Gasteiger charge is 2.62. The van der Waals surface area contributed by atoms with Gasteiger partial charge < -0.3 is 29.9 Å². The van der Waals surface area contributed by atoms with Crippen molar-refractivity contribution in [1.82, 2.24) is 14.6 Å². The molecule has 3 rings (SSSR count). The van der Waals surface area contributed by atoms with Gasteiger partial charge in [-0.3, -0.25) is 13.9 Å². The maximum atomic E-state index is 14.2. The first-order valence-corrected chi connectivity index (χ1v) is 13.7.